The van der Waals surface area contributed by atoms with Gasteiger partial charge < -0.3 is 0 Å². The van der Waals surface area contributed by atoms with Crippen molar-refractivity contribution in [3.63, 3.8) is 0 Å². The number of unbranched alkanes of at least 4 members (excludes halogenated alkanes) is 7. The van der Waals surface area contributed by atoms with E-state index in [0.29, 0.717) is 25.9 Å². The van der Waals surface area contributed by atoms with Crippen molar-refractivity contribution in [1.29, 1.82) is 0 Å². The summed E-state index contributed by atoms with van der Waals surface area (Å²) in [5, 5.41) is 0. The Morgan fingerprint density at radius 2 is 1.00 bits per heavy atom. The van der Waals surface area contributed by atoms with Crippen molar-refractivity contribution in [2.75, 3.05) is 13.1 Å². The van der Waals surface area contributed by atoms with E-state index in [1.54, 1.807) is 0 Å². The van der Waals surface area contributed by atoms with Gasteiger partial charge in [0.1, 0.15) is 0 Å². The van der Waals surface area contributed by atoms with Crippen LogP contribution >= 0.6 is 0 Å². The highest BCUT2D eigenvalue weighted by atomic mass is 16.2. The zero-order valence-corrected chi connectivity index (χ0v) is 16.7. The van der Waals surface area contributed by atoms with Gasteiger partial charge in [-0.3, -0.25) is 29.0 Å². The Hall–Kier alpha value is -2.24. The molecule has 2 aliphatic rings. The number of imide groups is 2. The lowest BCUT2D eigenvalue weighted by atomic mass is 10.1. The fourth-order valence-electron chi connectivity index (χ4n) is 3.55. The maximum atomic E-state index is 12.0. The second kappa shape index (κ2) is 12.3. The molecule has 0 N–H and O–H groups in total. The van der Waals surface area contributed by atoms with E-state index in [9.17, 15) is 19.2 Å². The van der Waals surface area contributed by atoms with E-state index in [2.05, 4.69) is 0 Å². The molecule has 2 rings (SSSR count). The van der Waals surface area contributed by atoms with Crippen LogP contribution in [0.15, 0.2) is 24.3 Å². The molecule has 0 aromatic rings. The third-order valence-electron chi connectivity index (χ3n) is 5.23. The molecule has 6 heteroatoms. The zero-order valence-electron chi connectivity index (χ0n) is 16.7. The molecule has 0 aromatic carbocycles. The quantitative estimate of drug-likeness (QED) is 0.508. The van der Waals surface area contributed by atoms with Gasteiger partial charge in [-0.25, -0.2) is 0 Å². The predicted molar refractivity (Wildman–Crippen MR) is 107 cm³/mol. The Labute approximate surface area is 167 Å². The molecule has 154 valence electrons. The Bertz CT molecular complexity index is 570. The number of hydrogen-bond donors (Lipinski definition) is 0. The summed E-state index contributed by atoms with van der Waals surface area (Å²) in [5.74, 6) is -0.477. The predicted octanol–water partition coefficient (Wildman–Crippen LogP) is 3.52. The van der Waals surface area contributed by atoms with E-state index in [1.165, 1.54) is 22.0 Å². The topological polar surface area (TPSA) is 74.8 Å². The number of amides is 4. The first-order valence-electron chi connectivity index (χ1n) is 10.6. The molecule has 0 fully saturated rings. The van der Waals surface area contributed by atoms with Gasteiger partial charge in [-0.1, -0.05) is 50.7 Å². The average Bonchev–Trinajstić information content (AvgIpc) is 2.69. The third kappa shape index (κ3) is 7.41. The van der Waals surface area contributed by atoms with Crippen LogP contribution in [0.25, 0.3) is 0 Å². The number of nitrogens with zero attached hydrogens (tertiary/aromatic N) is 2. The second-order valence-electron chi connectivity index (χ2n) is 7.48. The Balaban J connectivity index is 1.41. The monoisotopic (exact) mass is 388 g/mol. The Morgan fingerprint density at radius 1 is 0.643 bits per heavy atom. The van der Waals surface area contributed by atoms with Crippen molar-refractivity contribution in [1.82, 2.24) is 9.80 Å². The van der Waals surface area contributed by atoms with Crippen molar-refractivity contribution in [3.8, 4) is 0 Å². The minimum Gasteiger partial charge on any atom is -0.279 e. The maximum absolute atomic E-state index is 12.0. The van der Waals surface area contributed by atoms with Gasteiger partial charge in [0, 0.05) is 25.9 Å². The first-order valence-corrected chi connectivity index (χ1v) is 10.6. The van der Waals surface area contributed by atoms with Crippen molar-refractivity contribution in [2.24, 2.45) is 0 Å². The Morgan fingerprint density at radius 3 is 1.36 bits per heavy atom. The second-order valence-corrected chi connectivity index (χ2v) is 7.48. The number of carbonyl (C=O) groups excluding carboxylic acids is 4. The largest absolute Gasteiger partial charge is 0.279 e. The average molecular weight is 389 g/mol. The lowest BCUT2D eigenvalue weighted by molar-refractivity contribution is -0.144. The van der Waals surface area contributed by atoms with Crippen LogP contribution in [0.4, 0.5) is 0 Å². The van der Waals surface area contributed by atoms with Gasteiger partial charge in [0.05, 0.1) is 0 Å². The molecule has 0 bridgehead atoms. The van der Waals surface area contributed by atoms with E-state index in [4.69, 9.17) is 0 Å². The van der Waals surface area contributed by atoms with Crippen LogP contribution in [0.1, 0.15) is 77.0 Å². The number of hydrogen-bond acceptors (Lipinski definition) is 4. The van der Waals surface area contributed by atoms with E-state index in [1.807, 2.05) is 12.2 Å². The first kappa shape index (κ1) is 22.1. The molecule has 28 heavy (non-hydrogen) atoms. The Kier molecular flexibility index (Phi) is 9.66. The highest BCUT2D eigenvalue weighted by molar-refractivity contribution is 6.02. The summed E-state index contributed by atoms with van der Waals surface area (Å²) in [6, 6.07) is 0. The summed E-state index contributed by atoms with van der Waals surface area (Å²) in [6.45, 7) is 1.03. The summed E-state index contributed by atoms with van der Waals surface area (Å²) in [7, 11) is 0. The molecule has 4 amide bonds. The molecular formula is C22H32N2O4. The zero-order chi connectivity index (χ0) is 20.2. The van der Waals surface area contributed by atoms with Crippen molar-refractivity contribution in [2.45, 2.75) is 77.0 Å². The van der Waals surface area contributed by atoms with Gasteiger partial charge in [0.25, 0.3) is 11.8 Å². The first-order chi connectivity index (χ1) is 13.6. The fraction of sp³-hybridized carbons (Fsp3) is 0.636. The number of carbonyl (C=O) groups is 4. The van der Waals surface area contributed by atoms with E-state index >= 15 is 0 Å². The van der Waals surface area contributed by atoms with E-state index < -0.39 is 0 Å². The summed E-state index contributed by atoms with van der Waals surface area (Å²) in [4.78, 5) is 50.0. The van der Waals surface area contributed by atoms with Crippen LogP contribution in [0, 0.1) is 0 Å². The SMILES string of the molecule is O=C1C=CCCN1C(=O)CCCCCCCCCCC(=O)N1CCC=CC1=O. The van der Waals surface area contributed by atoms with Gasteiger partial charge in [0.2, 0.25) is 11.8 Å². The molecule has 6 nitrogen and oxygen atoms in total. The van der Waals surface area contributed by atoms with E-state index in [0.717, 1.165) is 64.2 Å². The van der Waals surface area contributed by atoms with Crippen molar-refractivity contribution in [3.05, 3.63) is 24.3 Å². The highest BCUT2D eigenvalue weighted by Gasteiger charge is 2.21. The minimum absolute atomic E-state index is 0.0540. The molecule has 0 saturated heterocycles. The van der Waals surface area contributed by atoms with Crippen LogP contribution in [-0.2, 0) is 19.2 Å². The van der Waals surface area contributed by atoms with Crippen LogP contribution < -0.4 is 0 Å². The summed E-state index contributed by atoms with van der Waals surface area (Å²) in [6.07, 6.45) is 17.1. The summed E-state index contributed by atoms with van der Waals surface area (Å²) < 4.78 is 0. The van der Waals surface area contributed by atoms with Crippen LogP contribution in [0.5, 0.6) is 0 Å². The molecule has 2 heterocycles. The lowest BCUT2D eigenvalue weighted by Gasteiger charge is -2.21. The molecule has 0 spiro atoms. The molecule has 0 saturated carbocycles. The lowest BCUT2D eigenvalue weighted by Crippen LogP contribution is -2.38. The minimum atomic E-state index is -0.184. The van der Waals surface area contributed by atoms with Crippen LogP contribution in [0.2, 0.25) is 0 Å². The molecule has 0 aliphatic carbocycles. The maximum Gasteiger partial charge on any atom is 0.252 e. The molecule has 0 atom stereocenters. The van der Waals surface area contributed by atoms with Gasteiger partial charge in [0.15, 0.2) is 0 Å². The molecule has 0 unspecified atom stereocenters. The summed E-state index contributed by atoms with van der Waals surface area (Å²) >= 11 is 0. The van der Waals surface area contributed by atoms with E-state index in [-0.39, 0.29) is 23.6 Å². The molecular weight excluding hydrogens is 356 g/mol. The van der Waals surface area contributed by atoms with Crippen LogP contribution in [0.3, 0.4) is 0 Å². The fourth-order valence-corrected chi connectivity index (χ4v) is 3.55. The van der Waals surface area contributed by atoms with Gasteiger partial charge in [-0.2, -0.15) is 0 Å². The standard InChI is InChI=1S/C22H32N2O4/c25-19(23-17-11-9-15-21(23)27)13-7-5-3-1-2-4-6-8-14-20(26)24-18-12-10-16-22(24)28/h9-10,15-16H,1-8,11-14,17-18H2. The van der Waals surface area contributed by atoms with Crippen molar-refractivity contribution < 1.29 is 19.2 Å². The smallest absolute Gasteiger partial charge is 0.252 e. The third-order valence-corrected chi connectivity index (χ3v) is 5.23. The molecule has 0 aromatic heterocycles. The molecule has 2 aliphatic heterocycles. The number of rotatable bonds is 11. The van der Waals surface area contributed by atoms with Crippen molar-refractivity contribution >= 4 is 23.6 Å². The van der Waals surface area contributed by atoms with Crippen LogP contribution in [-0.4, -0.2) is 46.5 Å². The van der Waals surface area contributed by atoms with Gasteiger partial charge in [-0.15, -0.1) is 0 Å². The normalized spacial score (nSPS) is 16.7. The highest BCUT2D eigenvalue weighted by Crippen LogP contribution is 2.14. The molecule has 0 radical (unpaired) electrons. The van der Waals surface area contributed by atoms with Gasteiger partial charge in [-0.05, 0) is 37.8 Å². The summed E-state index contributed by atoms with van der Waals surface area (Å²) in [5.41, 5.74) is 0. The van der Waals surface area contributed by atoms with Gasteiger partial charge >= 0.3 is 0 Å².